The normalized spacial score (nSPS) is 18.6. The second-order valence-corrected chi connectivity index (χ2v) is 5.80. The molecule has 3 nitrogen and oxygen atoms in total. The van der Waals surface area contributed by atoms with E-state index in [4.69, 9.17) is 0 Å². The van der Waals surface area contributed by atoms with Crippen LogP contribution in [0.3, 0.4) is 0 Å². The molecule has 0 radical (unpaired) electrons. The van der Waals surface area contributed by atoms with E-state index in [1.807, 2.05) is 7.05 Å². The van der Waals surface area contributed by atoms with Crippen molar-refractivity contribution < 1.29 is 0 Å². The Morgan fingerprint density at radius 3 is 3.11 bits per heavy atom. The minimum Gasteiger partial charge on any atom is -0.313 e. The third-order valence-electron chi connectivity index (χ3n) is 3.48. The molecule has 18 heavy (non-hydrogen) atoms. The lowest BCUT2D eigenvalue weighted by Gasteiger charge is -2.23. The van der Waals surface area contributed by atoms with E-state index in [1.165, 1.54) is 35.4 Å². The molecule has 0 bridgehead atoms. The first-order valence-corrected chi connectivity index (χ1v) is 7.25. The molecular weight excluding hydrogens is 242 g/mol. The molecule has 0 amide bonds. The number of hydrogen-bond donors (Lipinski definition) is 1. The van der Waals surface area contributed by atoms with Gasteiger partial charge in [0.1, 0.15) is 10.0 Å². The van der Waals surface area contributed by atoms with Crippen molar-refractivity contribution in [3.63, 3.8) is 0 Å². The third kappa shape index (κ3) is 2.18. The van der Waals surface area contributed by atoms with Crippen LogP contribution in [0.2, 0.25) is 0 Å². The summed E-state index contributed by atoms with van der Waals surface area (Å²) in [6, 6.07) is 8.76. The van der Waals surface area contributed by atoms with Crippen molar-refractivity contribution in [3.8, 4) is 0 Å². The number of aryl methyl sites for hydroxylation is 1. The van der Waals surface area contributed by atoms with Gasteiger partial charge < -0.3 is 5.32 Å². The highest BCUT2D eigenvalue weighted by Crippen LogP contribution is 2.37. The van der Waals surface area contributed by atoms with Crippen molar-refractivity contribution in [1.82, 2.24) is 15.5 Å². The van der Waals surface area contributed by atoms with Gasteiger partial charge in [0.15, 0.2) is 0 Å². The SMILES string of the molecule is CNCc1nnc(C2CCCc3ccccc32)s1. The first-order chi connectivity index (χ1) is 8.88. The molecule has 3 rings (SSSR count). The Morgan fingerprint density at radius 1 is 1.33 bits per heavy atom. The van der Waals surface area contributed by atoms with E-state index in [0.717, 1.165) is 11.6 Å². The zero-order valence-electron chi connectivity index (χ0n) is 10.5. The van der Waals surface area contributed by atoms with Gasteiger partial charge in [-0.1, -0.05) is 35.6 Å². The fraction of sp³-hybridized carbons (Fsp3) is 0.429. The molecule has 1 heterocycles. The number of aromatic nitrogens is 2. The minimum atomic E-state index is 0.457. The van der Waals surface area contributed by atoms with Gasteiger partial charge >= 0.3 is 0 Å². The molecule has 94 valence electrons. The van der Waals surface area contributed by atoms with Crippen LogP contribution < -0.4 is 5.32 Å². The standard InChI is InChI=1S/C14H17N3S/c1-15-9-13-16-17-14(18-13)12-8-4-6-10-5-2-3-7-11(10)12/h2-3,5,7,12,15H,4,6,8-9H2,1H3. The van der Waals surface area contributed by atoms with Gasteiger partial charge in [0.25, 0.3) is 0 Å². The van der Waals surface area contributed by atoms with Crippen LogP contribution in [0.25, 0.3) is 0 Å². The molecule has 1 aromatic heterocycles. The number of hydrogen-bond acceptors (Lipinski definition) is 4. The second kappa shape index (κ2) is 5.16. The van der Waals surface area contributed by atoms with E-state index < -0.39 is 0 Å². The Balaban J connectivity index is 1.92. The summed E-state index contributed by atoms with van der Waals surface area (Å²) in [6.07, 6.45) is 3.66. The predicted molar refractivity (Wildman–Crippen MR) is 73.9 cm³/mol. The molecule has 2 aromatic rings. The largest absolute Gasteiger partial charge is 0.313 e. The van der Waals surface area contributed by atoms with Crippen LogP contribution in [0, 0.1) is 0 Å². The van der Waals surface area contributed by atoms with Crippen LogP contribution >= 0.6 is 11.3 Å². The van der Waals surface area contributed by atoms with Crippen LogP contribution in [0.15, 0.2) is 24.3 Å². The Bertz CT molecular complexity index is 535. The summed E-state index contributed by atoms with van der Waals surface area (Å²) in [5.74, 6) is 0.457. The highest BCUT2D eigenvalue weighted by molar-refractivity contribution is 7.11. The zero-order chi connectivity index (χ0) is 12.4. The molecule has 1 unspecified atom stereocenters. The first-order valence-electron chi connectivity index (χ1n) is 6.43. The molecule has 1 aliphatic carbocycles. The molecule has 1 aromatic carbocycles. The highest BCUT2D eigenvalue weighted by atomic mass is 32.1. The van der Waals surface area contributed by atoms with Crippen molar-refractivity contribution in [3.05, 3.63) is 45.4 Å². The summed E-state index contributed by atoms with van der Waals surface area (Å²) in [5.41, 5.74) is 2.94. The number of benzene rings is 1. The van der Waals surface area contributed by atoms with E-state index in [1.54, 1.807) is 11.3 Å². The number of fused-ring (bicyclic) bond motifs is 1. The van der Waals surface area contributed by atoms with Gasteiger partial charge in [0.2, 0.25) is 0 Å². The van der Waals surface area contributed by atoms with Gasteiger partial charge in [-0.25, -0.2) is 0 Å². The lowest BCUT2D eigenvalue weighted by molar-refractivity contribution is 0.608. The lowest BCUT2D eigenvalue weighted by Crippen LogP contribution is -2.10. The number of nitrogens with one attached hydrogen (secondary N) is 1. The smallest absolute Gasteiger partial charge is 0.131 e. The van der Waals surface area contributed by atoms with Gasteiger partial charge in [0, 0.05) is 12.5 Å². The third-order valence-corrected chi connectivity index (χ3v) is 4.51. The monoisotopic (exact) mass is 259 g/mol. The van der Waals surface area contributed by atoms with Gasteiger partial charge in [-0.05, 0) is 37.4 Å². The average Bonchev–Trinajstić information content (AvgIpc) is 2.87. The quantitative estimate of drug-likeness (QED) is 0.921. The van der Waals surface area contributed by atoms with Crippen molar-refractivity contribution in [2.24, 2.45) is 0 Å². The second-order valence-electron chi connectivity index (χ2n) is 4.71. The first kappa shape index (κ1) is 11.8. The maximum absolute atomic E-state index is 4.39. The van der Waals surface area contributed by atoms with Crippen molar-refractivity contribution in [2.75, 3.05) is 7.05 Å². The number of rotatable bonds is 3. The summed E-state index contributed by atoms with van der Waals surface area (Å²) in [4.78, 5) is 0. The molecule has 0 fully saturated rings. The lowest BCUT2D eigenvalue weighted by atomic mass is 9.83. The zero-order valence-corrected chi connectivity index (χ0v) is 11.3. The summed E-state index contributed by atoms with van der Waals surface area (Å²) in [5, 5.41) is 14.0. The molecule has 1 N–H and O–H groups in total. The summed E-state index contributed by atoms with van der Waals surface area (Å²) in [7, 11) is 1.94. The minimum absolute atomic E-state index is 0.457. The molecule has 0 spiro atoms. The van der Waals surface area contributed by atoms with E-state index in [-0.39, 0.29) is 0 Å². The Hall–Kier alpha value is -1.26. The Morgan fingerprint density at radius 2 is 2.22 bits per heavy atom. The van der Waals surface area contributed by atoms with Gasteiger partial charge in [0.05, 0.1) is 0 Å². The molecular formula is C14H17N3S. The molecule has 4 heteroatoms. The fourth-order valence-electron chi connectivity index (χ4n) is 2.64. The molecule has 1 aliphatic rings. The molecule has 0 aliphatic heterocycles. The molecule has 1 atom stereocenters. The predicted octanol–water partition coefficient (Wildman–Crippen LogP) is 2.73. The van der Waals surface area contributed by atoms with Crippen molar-refractivity contribution in [1.29, 1.82) is 0 Å². The van der Waals surface area contributed by atoms with Crippen molar-refractivity contribution in [2.45, 2.75) is 31.7 Å². The Labute approximate surface area is 111 Å². The van der Waals surface area contributed by atoms with Crippen LogP contribution in [0.5, 0.6) is 0 Å². The van der Waals surface area contributed by atoms with Crippen LogP contribution in [0.4, 0.5) is 0 Å². The molecule has 0 saturated heterocycles. The summed E-state index contributed by atoms with van der Waals surface area (Å²) < 4.78 is 0. The van der Waals surface area contributed by atoms with Crippen LogP contribution in [-0.2, 0) is 13.0 Å². The highest BCUT2D eigenvalue weighted by Gasteiger charge is 2.24. The van der Waals surface area contributed by atoms with Crippen LogP contribution in [0.1, 0.15) is 39.9 Å². The van der Waals surface area contributed by atoms with E-state index in [0.29, 0.717) is 5.92 Å². The van der Waals surface area contributed by atoms with Gasteiger partial charge in [-0.3, -0.25) is 0 Å². The number of nitrogens with zero attached hydrogens (tertiary/aromatic N) is 2. The van der Waals surface area contributed by atoms with Gasteiger partial charge in [-0.2, -0.15) is 0 Å². The fourth-order valence-corrected chi connectivity index (χ4v) is 3.65. The van der Waals surface area contributed by atoms with E-state index in [2.05, 4.69) is 39.8 Å². The average molecular weight is 259 g/mol. The van der Waals surface area contributed by atoms with Crippen LogP contribution in [-0.4, -0.2) is 17.2 Å². The summed E-state index contributed by atoms with van der Waals surface area (Å²) in [6.45, 7) is 0.812. The summed E-state index contributed by atoms with van der Waals surface area (Å²) >= 11 is 1.74. The van der Waals surface area contributed by atoms with Gasteiger partial charge in [-0.15, -0.1) is 10.2 Å². The van der Waals surface area contributed by atoms with Crippen molar-refractivity contribution >= 4 is 11.3 Å². The molecule has 0 saturated carbocycles. The maximum atomic E-state index is 4.39. The maximum Gasteiger partial charge on any atom is 0.131 e. The Kier molecular flexibility index (Phi) is 3.39. The van der Waals surface area contributed by atoms with E-state index in [9.17, 15) is 0 Å². The van der Waals surface area contributed by atoms with E-state index >= 15 is 0 Å². The topological polar surface area (TPSA) is 37.8 Å².